The van der Waals surface area contributed by atoms with Gasteiger partial charge in [-0.05, 0) is 56.1 Å². The van der Waals surface area contributed by atoms with E-state index in [1.165, 1.54) is 24.3 Å². The molecule has 5 rings (SSSR count). The summed E-state index contributed by atoms with van der Waals surface area (Å²) in [5.41, 5.74) is 4.25. The van der Waals surface area contributed by atoms with Gasteiger partial charge in [-0.1, -0.05) is 6.07 Å². The molecule has 38 heavy (non-hydrogen) atoms. The number of primary amides is 1. The van der Waals surface area contributed by atoms with Crippen molar-refractivity contribution in [1.82, 2.24) is 9.88 Å². The standard InChI is InChI=1S/C27H27N3O8/c1-30(2)21-16-8-11-7-15-14(12-6-13(38-3)10-29-9-12)4-5-17(31)19(15)22(32)18(11)24(34)27(16,37)25(35)20(23(21)33)26(28)36/h4-6,9-11,16,18,20-21,31,37H,7-8H2,1-3H3,(H2,28,36)/t11-,16-,18?,20?,21?,27-/m0/s1. The molecule has 0 radical (unpaired) electrons. The molecule has 3 aliphatic rings. The van der Waals surface area contributed by atoms with E-state index in [9.17, 15) is 34.2 Å². The number of pyridine rings is 1. The fraction of sp³-hybridized carbons (Fsp3) is 0.407. The number of amides is 1. The van der Waals surface area contributed by atoms with Gasteiger partial charge in [0.1, 0.15) is 11.5 Å². The zero-order chi connectivity index (χ0) is 27.7. The molecular formula is C27H27N3O8. The van der Waals surface area contributed by atoms with E-state index in [0.717, 1.165) is 0 Å². The molecule has 3 unspecified atom stereocenters. The zero-order valence-corrected chi connectivity index (χ0v) is 21.0. The average Bonchev–Trinajstić information content (AvgIpc) is 2.86. The number of aliphatic hydroxyl groups is 1. The Bertz CT molecular complexity index is 1420. The van der Waals surface area contributed by atoms with Crippen LogP contribution in [-0.2, 0) is 25.6 Å². The predicted octanol–water partition coefficient (Wildman–Crippen LogP) is -0.0624. The molecule has 0 saturated heterocycles. The molecule has 6 atom stereocenters. The number of ether oxygens (including phenoxy) is 1. The van der Waals surface area contributed by atoms with Gasteiger partial charge in [0.25, 0.3) is 0 Å². The molecule has 1 heterocycles. The van der Waals surface area contributed by atoms with Crippen molar-refractivity contribution in [2.75, 3.05) is 21.2 Å². The molecule has 11 heteroatoms. The molecule has 1 amide bonds. The van der Waals surface area contributed by atoms with E-state index in [-0.39, 0.29) is 24.2 Å². The lowest BCUT2D eigenvalue weighted by molar-refractivity contribution is -0.181. The van der Waals surface area contributed by atoms with Crippen LogP contribution in [0.1, 0.15) is 22.3 Å². The summed E-state index contributed by atoms with van der Waals surface area (Å²) < 4.78 is 5.26. The maximum atomic E-state index is 13.9. The maximum Gasteiger partial charge on any atom is 0.235 e. The summed E-state index contributed by atoms with van der Waals surface area (Å²) in [4.78, 5) is 71.8. The van der Waals surface area contributed by atoms with Gasteiger partial charge in [-0.25, -0.2) is 0 Å². The van der Waals surface area contributed by atoms with Crippen LogP contribution < -0.4 is 10.5 Å². The molecule has 2 saturated carbocycles. The van der Waals surface area contributed by atoms with Crippen molar-refractivity contribution < 1.29 is 38.9 Å². The highest BCUT2D eigenvalue weighted by atomic mass is 16.5. The van der Waals surface area contributed by atoms with Gasteiger partial charge in [-0.2, -0.15) is 0 Å². The molecule has 4 N–H and O–H groups in total. The minimum atomic E-state index is -2.75. The van der Waals surface area contributed by atoms with Gasteiger partial charge in [-0.15, -0.1) is 0 Å². The monoisotopic (exact) mass is 521 g/mol. The normalized spacial score (nSPS) is 30.5. The highest BCUT2D eigenvalue weighted by molar-refractivity contribution is 6.32. The minimum Gasteiger partial charge on any atom is -0.507 e. The van der Waals surface area contributed by atoms with Crippen LogP contribution in [0.25, 0.3) is 11.1 Å². The summed E-state index contributed by atoms with van der Waals surface area (Å²) in [5, 5.41) is 22.3. The number of hydrogen-bond acceptors (Lipinski definition) is 10. The maximum absolute atomic E-state index is 13.9. The molecule has 2 fully saturated rings. The van der Waals surface area contributed by atoms with E-state index in [4.69, 9.17) is 10.5 Å². The van der Waals surface area contributed by atoms with E-state index in [1.54, 1.807) is 32.4 Å². The van der Waals surface area contributed by atoms with E-state index in [1.807, 2.05) is 0 Å². The Morgan fingerprint density at radius 3 is 2.50 bits per heavy atom. The number of fused-ring (bicyclic) bond motifs is 3. The first kappa shape index (κ1) is 25.7. The predicted molar refractivity (Wildman–Crippen MR) is 131 cm³/mol. The van der Waals surface area contributed by atoms with Crippen LogP contribution in [0.3, 0.4) is 0 Å². The van der Waals surface area contributed by atoms with Crippen molar-refractivity contribution in [1.29, 1.82) is 0 Å². The number of nitrogens with two attached hydrogens (primary N) is 1. The number of Topliss-reactive ketones (excluding diaryl/α,β-unsaturated/α-hetero) is 4. The highest BCUT2D eigenvalue weighted by Crippen LogP contribution is 2.51. The number of phenolic OH excluding ortho intramolecular Hbond substituents is 1. The van der Waals surface area contributed by atoms with Gasteiger partial charge in [0.2, 0.25) is 5.91 Å². The molecule has 0 bridgehead atoms. The van der Waals surface area contributed by atoms with Crippen molar-refractivity contribution in [2.45, 2.75) is 24.5 Å². The first-order chi connectivity index (χ1) is 17.9. The van der Waals surface area contributed by atoms with Crippen LogP contribution in [0.4, 0.5) is 0 Å². The summed E-state index contributed by atoms with van der Waals surface area (Å²) in [6, 6.07) is 3.56. The van der Waals surface area contributed by atoms with Crippen LogP contribution in [0.5, 0.6) is 11.5 Å². The van der Waals surface area contributed by atoms with Crippen molar-refractivity contribution >= 4 is 29.0 Å². The Morgan fingerprint density at radius 1 is 1.16 bits per heavy atom. The fourth-order valence-electron chi connectivity index (χ4n) is 6.55. The zero-order valence-electron chi connectivity index (χ0n) is 21.0. The molecule has 2 aromatic rings. The first-order valence-corrected chi connectivity index (χ1v) is 12.1. The fourth-order valence-corrected chi connectivity index (χ4v) is 6.55. The third kappa shape index (κ3) is 3.42. The molecule has 1 aromatic heterocycles. The Hall–Kier alpha value is -3.96. The van der Waals surface area contributed by atoms with Gasteiger partial charge >= 0.3 is 0 Å². The van der Waals surface area contributed by atoms with Gasteiger partial charge in [-0.3, -0.25) is 33.9 Å². The number of nitrogens with zero attached hydrogens (tertiary/aromatic N) is 2. The van der Waals surface area contributed by atoms with Crippen LogP contribution >= 0.6 is 0 Å². The topological polar surface area (TPSA) is 177 Å². The van der Waals surface area contributed by atoms with Gasteiger partial charge in [0.15, 0.2) is 34.7 Å². The number of rotatable bonds is 4. The summed E-state index contributed by atoms with van der Waals surface area (Å²) in [7, 11) is 4.58. The van der Waals surface area contributed by atoms with Gasteiger partial charge in [0.05, 0.1) is 30.8 Å². The van der Waals surface area contributed by atoms with E-state index >= 15 is 0 Å². The van der Waals surface area contributed by atoms with E-state index in [2.05, 4.69) is 4.98 Å². The van der Waals surface area contributed by atoms with Crippen molar-refractivity contribution in [3.8, 4) is 22.6 Å². The van der Waals surface area contributed by atoms with Gasteiger partial charge < -0.3 is 20.7 Å². The number of aromatic nitrogens is 1. The molecule has 0 aliphatic heterocycles. The van der Waals surface area contributed by atoms with Crippen LogP contribution in [0.2, 0.25) is 0 Å². The van der Waals surface area contributed by atoms with Crippen molar-refractivity contribution in [3.63, 3.8) is 0 Å². The second-order valence-electron chi connectivity index (χ2n) is 10.4. The Balaban J connectivity index is 1.66. The largest absolute Gasteiger partial charge is 0.507 e. The number of methoxy groups -OCH3 is 1. The number of likely N-dealkylation sites (N-methyl/N-ethyl adjacent to an activating group) is 1. The number of aromatic hydroxyl groups is 1. The average molecular weight is 522 g/mol. The van der Waals surface area contributed by atoms with Gasteiger partial charge in [0, 0.05) is 17.7 Å². The minimum absolute atomic E-state index is 0.0185. The summed E-state index contributed by atoms with van der Waals surface area (Å²) >= 11 is 0. The lowest BCUT2D eigenvalue weighted by Gasteiger charge is -2.52. The highest BCUT2D eigenvalue weighted by Gasteiger charge is 2.69. The second kappa shape index (κ2) is 8.81. The number of hydrogen-bond donors (Lipinski definition) is 3. The molecule has 11 nitrogen and oxygen atoms in total. The third-order valence-corrected chi connectivity index (χ3v) is 8.20. The molecule has 3 aliphatic carbocycles. The van der Waals surface area contributed by atoms with E-state index < -0.39 is 64.4 Å². The van der Waals surface area contributed by atoms with Crippen LogP contribution in [0.15, 0.2) is 30.6 Å². The summed E-state index contributed by atoms with van der Waals surface area (Å²) in [5.74, 6) is -10.3. The number of ketones is 4. The lowest BCUT2D eigenvalue weighted by atomic mass is 9.52. The molecular weight excluding hydrogens is 494 g/mol. The van der Waals surface area contributed by atoms with Crippen molar-refractivity contribution in [3.05, 3.63) is 41.7 Å². The third-order valence-electron chi connectivity index (χ3n) is 8.20. The first-order valence-electron chi connectivity index (χ1n) is 12.1. The molecule has 0 spiro atoms. The Kier molecular flexibility index (Phi) is 5.96. The number of carbonyl (C=O) groups is 5. The second-order valence-corrected chi connectivity index (χ2v) is 10.4. The smallest absolute Gasteiger partial charge is 0.235 e. The quantitative estimate of drug-likeness (QED) is 0.462. The van der Waals surface area contributed by atoms with E-state index in [0.29, 0.717) is 22.4 Å². The number of phenols is 1. The lowest BCUT2D eigenvalue weighted by Crippen LogP contribution is -2.74. The summed E-state index contributed by atoms with van der Waals surface area (Å²) in [6.45, 7) is 0. The SMILES string of the molecule is COc1cncc(-c2ccc(O)c3c2C[C@H]2C[C@H]4C(N(C)C)C(=O)C(C(N)=O)C(=O)[C@@]4(O)C(=O)C2C3=O)c1. The number of benzene rings is 1. The molecule has 198 valence electrons. The Morgan fingerprint density at radius 2 is 1.87 bits per heavy atom. The Labute approximate surface area is 217 Å². The molecule has 1 aromatic carbocycles. The van der Waals surface area contributed by atoms with Crippen LogP contribution in [-0.4, -0.2) is 82.0 Å². The van der Waals surface area contributed by atoms with Crippen LogP contribution in [0, 0.1) is 23.7 Å². The van der Waals surface area contributed by atoms with Crippen molar-refractivity contribution in [2.24, 2.45) is 29.4 Å². The summed E-state index contributed by atoms with van der Waals surface area (Å²) in [6.07, 6.45) is 3.25. The number of carbonyl (C=O) groups excluding carboxylic acids is 5.